The van der Waals surface area contributed by atoms with Gasteiger partial charge in [-0.05, 0) is 54.0 Å². The summed E-state index contributed by atoms with van der Waals surface area (Å²) in [6.45, 7) is 7.03. The maximum absolute atomic E-state index is 12.2. The highest BCUT2D eigenvalue weighted by Gasteiger charge is 2.24. The first-order valence-electron chi connectivity index (χ1n) is 7.50. The monoisotopic (exact) mass is 357 g/mol. The van der Waals surface area contributed by atoms with E-state index in [1.54, 1.807) is 13.1 Å². The van der Waals surface area contributed by atoms with E-state index in [-0.39, 0.29) is 5.56 Å². The molecule has 0 saturated heterocycles. The van der Waals surface area contributed by atoms with Gasteiger partial charge < -0.3 is 10.4 Å². The van der Waals surface area contributed by atoms with E-state index >= 15 is 0 Å². The largest absolute Gasteiger partial charge is 0.388 e. The van der Waals surface area contributed by atoms with Gasteiger partial charge in [-0.25, -0.2) is 4.68 Å². The Balaban J connectivity index is 2.03. The molecule has 1 aromatic rings. The van der Waals surface area contributed by atoms with Gasteiger partial charge in [0.05, 0.1) is 17.5 Å². The minimum absolute atomic E-state index is 0.115. The molecule has 6 heteroatoms. The van der Waals surface area contributed by atoms with Gasteiger partial charge in [-0.3, -0.25) is 4.79 Å². The number of hydrogen-bond donors (Lipinski definition) is 2. The molecule has 5 nitrogen and oxygen atoms in total. The van der Waals surface area contributed by atoms with E-state index in [0.29, 0.717) is 41.5 Å². The van der Waals surface area contributed by atoms with E-state index in [1.807, 2.05) is 0 Å². The Labute approximate surface area is 133 Å². The molecular weight excluding hydrogens is 334 g/mol. The number of anilines is 1. The molecule has 1 aromatic heterocycles. The molecule has 0 amide bonds. The summed E-state index contributed by atoms with van der Waals surface area (Å²) in [5, 5.41) is 17.6. The van der Waals surface area contributed by atoms with Gasteiger partial charge in [0.1, 0.15) is 4.47 Å². The van der Waals surface area contributed by atoms with E-state index in [4.69, 9.17) is 0 Å². The number of nitrogens with one attached hydrogen (secondary N) is 1. The number of rotatable bonds is 7. The second kappa shape index (κ2) is 6.48. The second-order valence-electron chi connectivity index (χ2n) is 6.75. The molecular formula is C15H24BrN3O2. The third-order valence-electron chi connectivity index (χ3n) is 3.62. The Hall–Kier alpha value is -0.880. The molecule has 1 heterocycles. The van der Waals surface area contributed by atoms with Gasteiger partial charge in [0.25, 0.3) is 5.56 Å². The average Bonchev–Trinajstić information content (AvgIpc) is 3.16. The minimum Gasteiger partial charge on any atom is -0.388 e. The van der Waals surface area contributed by atoms with Crippen LogP contribution in [-0.2, 0) is 6.54 Å². The molecule has 1 aliphatic carbocycles. The summed E-state index contributed by atoms with van der Waals surface area (Å²) in [6.07, 6.45) is 4.72. The van der Waals surface area contributed by atoms with Crippen LogP contribution in [0.3, 0.4) is 0 Å². The first kappa shape index (κ1) is 16.5. The van der Waals surface area contributed by atoms with Crippen LogP contribution in [-0.4, -0.2) is 27.0 Å². The van der Waals surface area contributed by atoms with Gasteiger partial charge >= 0.3 is 0 Å². The van der Waals surface area contributed by atoms with Crippen molar-refractivity contribution in [1.82, 2.24) is 9.78 Å². The predicted molar refractivity (Wildman–Crippen MR) is 87.5 cm³/mol. The standard InChI is InChI=1S/C15H24BrN3O2/c1-10(2)6-15(3,21)9-17-12-7-18-19(8-11-4-5-11)14(20)13(12)16/h7,10-11,17,21H,4-6,8-9H2,1-3H3. The summed E-state index contributed by atoms with van der Waals surface area (Å²) in [4.78, 5) is 12.2. The zero-order valence-electron chi connectivity index (χ0n) is 12.9. The molecule has 118 valence electrons. The summed E-state index contributed by atoms with van der Waals surface area (Å²) in [5.41, 5.74) is -0.289. The number of aromatic nitrogens is 2. The van der Waals surface area contributed by atoms with Crippen molar-refractivity contribution in [2.45, 2.75) is 52.2 Å². The maximum atomic E-state index is 12.2. The Bertz CT molecular complexity index is 550. The van der Waals surface area contributed by atoms with Crippen molar-refractivity contribution in [3.8, 4) is 0 Å². The summed E-state index contributed by atoms with van der Waals surface area (Å²) in [7, 11) is 0. The molecule has 1 saturated carbocycles. The Kier molecular flexibility index (Phi) is 5.09. The topological polar surface area (TPSA) is 67.2 Å². The molecule has 0 aromatic carbocycles. The Morgan fingerprint density at radius 1 is 1.57 bits per heavy atom. The third-order valence-corrected chi connectivity index (χ3v) is 4.39. The van der Waals surface area contributed by atoms with Gasteiger partial charge in [-0.15, -0.1) is 0 Å². The van der Waals surface area contributed by atoms with Crippen molar-refractivity contribution in [3.63, 3.8) is 0 Å². The third kappa shape index (κ3) is 4.81. The molecule has 2 rings (SSSR count). The number of nitrogens with zero attached hydrogens (tertiary/aromatic N) is 2. The molecule has 1 aliphatic rings. The fraction of sp³-hybridized carbons (Fsp3) is 0.733. The SMILES string of the molecule is CC(C)CC(C)(O)CNc1cnn(CC2CC2)c(=O)c1Br. The summed E-state index contributed by atoms with van der Waals surface area (Å²) >= 11 is 3.34. The summed E-state index contributed by atoms with van der Waals surface area (Å²) in [5.74, 6) is 1.02. The van der Waals surface area contributed by atoms with Crippen LogP contribution >= 0.6 is 15.9 Å². The van der Waals surface area contributed by atoms with Crippen molar-refractivity contribution in [1.29, 1.82) is 0 Å². The predicted octanol–water partition coefficient (Wildman–Crippen LogP) is 2.62. The van der Waals surface area contributed by atoms with Gasteiger partial charge in [-0.1, -0.05) is 13.8 Å². The van der Waals surface area contributed by atoms with Crippen molar-refractivity contribution < 1.29 is 5.11 Å². The summed E-state index contributed by atoms with van der Waals surface area (Å²) in [6, 6.07) is 0. The van der Waals surface area contributed by atoms with Gasteiger partial charge in [-0.2, -0.15) is 5.10 Å². The molecule has 0 spiro atoms. The number of hydrogen-bond acceptors (Lipinski definition) is 4. The van der Waals surface area contributed by atoms with Crippen molar-refractivity contribution in [3.05, 3.63) is 21.0 Å². The lowest BCUT2D eigenvalue weighted by molar-refractivity contribution is 0.0515. The van der Waals surface area contributed by atoms with Crippen LogP contribution in [0.1, 0.15) is 40.0 Å². The second-order valence-corrected chi connectivity index (χ2v) is 7.54. The maximum Gasteiger partial charge on any atom is 0.283 e. The van der Waals surface area contributed by atoms with Crippen LogP contribution in [0.5, 0.6) is 0 Å². The highest BCUT2D eigenvalue weighted by atomic mass is 79.9. The van der Waals surface area contributed by atoms with Crippen molar-refractivity contribution in [2.24, 2.45) is 11.8 Å². The lowest BCUT2D eigenvalue weighted by Gasteiger charge is -2.26. The number of aliphatic hydroxyl groups is 1. The highest BCUT2D eigenvalue weighted by Crippen LogP contribution is 2.30. The van der Waals surface area contributed by atoms with E-state index in [2.05, 4.69) is 40.2 Å². The smallest absolute Gasteiger partial charge is 0.283 e. The van der Waals surface area contributed by atoms with Crippen molar-refractivity contribution in [2.75, 3.05) is 11.9 Å². The van der Waals surface area contributed by atoms with Crippen LogP contribution in [0, 0.1) is 11.8 Å². The summed E-state index contributed by atoms with van der Waals surface area (Å²) < 4.78 is 2.00. The highest BCUT2D eigenvalue weighted by molar-refractivity contribution is 9.10. The van der Waals surface area contributed by atoms with Crippen LogP contribution < -0.4 is 10.9 Å². The van der Waals surface area contributed by atoms with Crippen LogP contribution in [0.2, 0.25) is 0 Å². The van der Waals surface area contributed by atoms with Gasteiger partial charge in [0.15, 0.2) is 0 Å². The lowest BCUT2D eigenvalue weighted by atomic mass is 9.94. The van der Waals surface area contributed by atoms with E-state index < -0.39 is 5.60 Å². The van der Waals surface area contributed by atoms with Crippen molar-refractivity contribution >= 4 is 21.6 Å². The minimum atomic E-state index is -0.809. The molecule has 0 aliphatic heterocycles. The Morgan fingerprint density at radius 2 is 2.24 bits per heavy atom. The lowest BCUT2D eigenvalue weighted by Crippen LogP contribution is -2.35. The quantitative estimate of drug-likeness (QED) is 0.786. The first-order chi connectivity index (χ1) is 9.78. The molecule has 1 unspecified atom stereocenters. The molecule has 0 radical (unpaired) electrons. The molecule has 0 bridgehead atoms. The zero-order valence-corrected chi connectivity index (χ0v) is 14.5. The molecule has 21 heavy (non-hydrogen) atoms. The van der Waals surface area contributed by atoms with Gasteiger partial charge in [0.2, 0.25) is 0 Å². The fourth-order valence-electron chi connectivity index (χ4n) is 2.50. The fourth-order valence-corrected chi connectivity index (χ4v) is 2.95. The molecule has 1 fully saturated rings. The van der Waals surface area contributed by atoms with Crippen LogP contribution in [0.4, 0.5) is 5.69 Å². The normalized spacial score (nSPS) is 17.8. The van der Waals surface area contributed by atoms with E-state index in [9.17, 15) is 9.90 Å². The van der Waals surface area contributed by atoms with Gasteiger partial charge in [0, 0.05) is 13.1 Å². The molecule has 2 N–H and O–H groups in total. The average molecular weight is 358 g/mol. The van der Waals surface area contributed by atoms with E-state index in [0.717, 1.165) is 0 Å². The van der Waals surface area contributed by atoms with E-state index in [1.165, 1.54) is 17.5 Å². The van der Waals surface area contributed by atoms with Crippen LogP contribution in [0.15, 0.2) is 15.5 Å². The molecule has 1 atom stereocenters. The van der Waals surface area contributed by atoms with Crippen LogP contribution in [0.25, 0.3) is 0 Å². The first-order valence-corrected chi connectivity index (χ1v) is 8.29. The zero-order chi connectivity index (χ0) is 15.6. The Morgan fingerprint density at radius 3 is 2.81 bits per heavy atom. The number of halogens is 1.